The largest absolute Gasteiger partial charge is 0.336 e. The van der Waals surface area contributed by atoms with Gasteiger partial charge in [-0.05, 0) is 45.7 Å². The monoisotopic (exact) mass is 259 g/mol. The predicted octanol–water partition coefficient (Wildman–Crippen LogP) is 4.10. The molecule has 1 aliphatic rings. The molecule has 1 amide bonds. The highest BCUT2D eigenvalue weighted by atomic mass is 16.2. The minimum Gasteiger partial charge on any atom is -0.336 e. The molecule has 0 N–H and O–H groups in total. The molecule has 2 rings (SSSR count). The van der Waals surface area contributed by atoms with Crippen LogP contribution in [0.2, 0.25) is 0 Å². The smallest absolute Gasteiger partial charge is 0.254 e. The van der Waals surface area contributed by atoms with Crippen molar-refractivity contribution >= 4 is 5.91 Å². The standard InChI is InChI=1S/C17H25NO/c1-4-18(16-8-6-5-7-9-16)17(19)15-11-13(2)10-14(3)12-15/h10-12,16H,4-9H2,1-3H3. The van der Waals surface area contributed by atoms with E-state index in [9.17, 15) is 4.79 Å². The number of hydrogen-bond donors (Lipinski definition) is 0. The van der Waals surface area contributed by atoms with Gasteiger partial charge in [0.2, 0.25) is 0 Å². The number of amides is 1. The lowest BCUT2D eigenvalue weighted by molar-refractivity contribution is 0.0648. The van der Waals surface area contributed by atoms with Crippen LogP contribution in [0.4, 0.5) is 0 Å². The molecule has 19 heavy (non-hydrogen) atoms. The van der Waals surface area contributed by atoms with Crippen LogP contribution in [0, 0.1) is 13.8 Å². The van der Waals surface area contributed by atoms with E-state index in [0.717, 1.165) is 12.1 Å². The maximum absolute atomic E-state index is 12.7. The van der Waals surface area contributed by atoms with Crippen LogP contribution < -0.4 is 0 Å². The maximum atomic E-state index is 12.7. The van der Waals surface area contributed by atoms with E-state index in [2.05, 4.69) is 31.7 Å². The summed E-state index contributed by atoms with van der Waals surface area (Å²) in [6.45, 7) is 7.02. The van der Waals surface area contributed by atoms with E-state index < -0.39 is 0 Å². The lowest BCUT2D eigenvalue weighted by Gasteiger charge is -2.33. The van der Waals surface area contributed by atoms with Crippen molar-refractivity contribution in [3.63, 3.8) is 0 Å². The Morgan fingerprint density at radius 1 is 1.11 bits per heavy atom. The van der Waals surface area contributed by atoms with Gasteiger partial charge in [-0.3, -0.25) is 4.79 Å². The first-order valence-corrected chi connectivity index (χ1v) is 7.51. The molecule has 0 bridgehead atoms. The van der Waals surface area contributed by atoms with Crippen molar-refractivity contribution in [1.29, 1.82) is 0 Å². The number of benzene rings is 1. The normalized spacial score (nSPS) is 16.4. The Morgan fingerprint density at radius 2 is 1.68 bits per heavy atom. The van der Waals surface area contributed by atoms with Crippen LogP contribution in [0.1, 0.15) is 60.5 Å². The molecule has 1 saturated carbocycles. The number of carbonyl (C=O) groups is 1. The van der Waals surface area contributed by atoms with Gasteiger partial charge in [0.25, 0.3) is 5.91 Å². The Balaban J connectivity index is 2.19. The first kappa shape index (κ1) is 14.1. The third kappa shape index (κ3) is 3.37. The fourth-order valence-electron chi connectivity index (χ4n) is 3.22. The van der Waals surface area contributed by atoms with Crippen molar-refractivity contribution in [3.05, 3.63) is 34.9 Å². The Hall–Kier alpha value is -1.31. The second kappa shape index (κ2) is 6.23. The lowest BCUT2D eigenvalue weighted by atomic mass is 9.93. The van der Waals surface area contributed by atoms with Gasteiger partial charge >= 0.3 is 0 Å². The lowest BCUT2D eigenvalue weighted by Crippen LogP contribution is -2.41. The van der Waals surface area contributed by atoms with Crippen molar-refractivity contribution in [1.82, 2.24) is 4.90 Å². The fourth-order valence-corrected chi connectivity index (χ4v) is 3.22. The molecule has 0 radical (unpaired) electrons. The van der Waals surface area contributed by atoms with E-state index in [-0.39, 0.29) is 5.91 Å². The van der Waals surface area contributed by atoms with E-state index in [4.69, 9.17) is 0 Å². The van der Waals surface area contributed by atoms with Crippen LogP contribution in [0.25, 0.3) is 0 Å². The fraction of sp³-hybridized carbons (Fsp3) is 0.588. The zero-order valence-corrected chi connectivity index (χ0v) is 12.4. The van der Waals surface area contributed by atoms with Gasteiger partial charge in [0.1, 0.15) is 0 Å². The summed E-state index contributed by atoms with van der Waals surface area (Å²) in [4.78, 5) is 14.8. The van der Waals surface area contributed by atoms with Crippen LogP contribution in [0.3, 0.4) is 0 Å². The van der Waals surface area contributed by atoms with E-state index >= 15 is 0 Å². The molecule has 1 aliphatic carbocycles. The van der Waals surface area contributed by atoms with E-state index in [0.29, 0.717) is 6.04 Å². The highest BCUT2D eigenvalue weighted by Crippen LogP contribution is 2.24. The number of aryl methyl sites for hydroxylation is 2. The minimum atomic E-state index is 0.209. The Morgan fingerprint density at radius 3 is 2.21 bits per heavy atom. The van der Waals surface area contributed by atoms with Gasteiger partial charge in [-0.2, -0.15) is 0 Å². The van der Waals surface area contributed by atoms with Crippen molar-refractivity contribution < 1.29 is 4.79 Å². The van der Waals surface area contributed by atoms with Gasteiger partial charge in [0.05, 0.1) is 0 Å². The van der Waals surface area contributed by atoms with Crippen LogP contribution >= 0.6 is 0 Å². The van der Waals surface area contributed by atoms with Gasteiger partial charge in [-0.15, -0.1) is 0 Å². The molecule has 0 saturated heterocycles. The van der Waals surface area contributed by atoms with Gasteiger partial charge in [0.15, 0.2) is 0 Å². The van der Waals surface area contributed by atoms with E-state index in [1.807, 2.05) is 12.1 Å². The van der Waals surface area contributed by atoms with Crippen molar-refractivity contribution in [3.8, 4) is 0 Å². The topological polar surface area (TPSA) is 20.3 Å². The van der Waals surface area contributed by atoms with Crippen LogP contribution in [-0.4, -0.2) is 23.4 Å². The Kier molecular flexibility index (Phi) is 4.62. The molecule has 0 unspecified atom stereocenters. The molecule has 0 atom stereocenters. The predicted molar refractivity (Wildman–Crippen MR) is 79.5 cm³/mol. The Bertz CT molecular complexity index is 426. The van der Waals surface area contributed by atoms with Crippen molar-refractivity contribution in [2.75, 3.05) is 6.54 Å². The van der Waals surface area contributed by atoms with E-state index in [1.54, 1.807) is 0 Å². The summed E-state index contributed by atoms with van der Waals surface area (Å²) in [7, 11) is 0. The minimum absolute atomic E-state index is 0.209. The molecule has 2 heteroatoms. The summed E-state index contributed by atoms with van der Waals surface area (Å²) in [6.07, 6.45) is 6.20. The second-order valence-electron chi connectivity index (χ2n) is 5.76. The molecule has 1 aromatic carbocycles. The third-order valence-corrected chi connectivity index (χ3v) is 4.09. The first-order chi connectivity index (χ1) is 9.11. The summed E-state index contributed by atoms with van der Waals surface area (Å²) in [5, 5.41) is 0. The van der Waals surface area contributed by atoms with Gasteiger partial charge in [-0.1, -0.05) is 36.5 Å². The number of nitrogens with zero attached hydrogens (tertiary/aromatic N) is 1. The molecular formula is C17H25NO. The van der Waals surface area contributed by atoms with Gasteiger partial charge in [-0.25, -0.2) is 0 Å². The molecule has 0 aromatic heterocycles. The number of rotatable bonds is 3. The van der Waals surface area contributed by atoms with Crippen molar-refractivity contribution in [2.45, 2.75) is 58.9 Å². The third-order valence-electron chi connectivity index (χ3n) is 4.09. The summed E-state index contributed by atoms with van der Waals surface area (Å²) in [5.74, 6) is 0.209. The quantitative estimate of drug-likeness (QED) is 0.800. The summed E-state index contributed by atoms with van der Waals surface area (Å²) < 4.78 is 0. The molecular weight excluding hydrogens is 234 g/mol. The number of carbonyl (C=O) groups excluding carboxylic acids is 1. The molecule has 1 fully saturated rings. The average Bonchev–Trinajstić information content (AvgIpc) is 2.39. The molecule has 1 aromatic rings. The highest BCUT2D eigenvalue weighted by Gasteiger charge is 2.25. The van der Waals surface area contributed by atoms with Gasteiger partial charge in [0, 0.05) is 18.2 Å². The summed E-state index contributed by atoms with van der Waals surface area (Å²) in [5.41, 5.74) is 3.19. The summed E-state index contributed by atoms with van der Waals surface area (Å²) >= 11 is 0. The number of hydrogen-bond acceptors (Lipinski definition) is 1. The maximum Gasteiger partial charge on any atom is 0.254 e. The Labute approximate surface area is 116 Å². The van der Waals surface area contributed by atoms with E-state index in [1.165, 1.54) is 43.2 Å². The zero-order valence-electron chi connectivity index (χ0n) is 12.4. The first-order valence-electron chi connectivity index (χ1n) is 7.51. The second-order valence-corrected chi connectivity index (χ2v) is 5.76. The van der Waals surface area contributed by atoms with Crippen LogP contribution in [-0.2, 0) is 0 Å². The van der Waals surface area contributed by atoms with Crippen molar-refractivity contribution in [2.24, 2.45) is 0 Å². The molecule has 0 aliphatic heterocycles. The summed E-state index contributed by atoms with van der Waals surface area (Å²) in [6, 6.07) is 6.60. The zero-order chi connectivity index (χ0) is 13.8. The average molecular weight is 259 g/mol. The van der Waals surface area contributed by atoms with Crippen LogP contribution in [0.15, 0.2) is 18.2 Å². The molecule has 0 heterocycles. The molecule has 0 spiro atoms. The van der Waals surface area contributed by atoms with Gasteiger partial charge < -0.3 is 4.90 Å². The van der Waals surface area contributed by atoms with Crippen LogP contribution in [0.5, 0.6) is 0 Å². The molecule has 104 valence electrons. The molecule has 2 nitrogen and oxygen atoms in total. The highest BCUT2D eigenvalue weighted by molar-refractivity contribution is 5.94. The SMILES string of the molecule is CCN(C(=O)c1cc(C)cc(C)c1)C1CCCCC1.